The Labute approximate surface area is 103 Å². The molecule has 0 heterocycles. The summed E-state index contributed by atoms with van der Waals surface area (Å²) in [7, 11) is -5.32. The Hall–Kier alpha value is -0.620. The third-order valence-corrected chi connectivity index (χ3v) is 4.28. The number of sulfone groups is 1. The Morgan fingerprint density at radius 1 is 1.29 bits per heavy atom. The van der Waals surface area contributed by atoms with Gasteiger partial charge in [-0.05, 0) is 6.42 Å². The second kappa shape index (κ2) is 6.96. The highest BCUT2D eigenvalue weighted by atomic mass is 32.2. The standard InChI is InChI=1S/C9H17NO5S2/c1-4-9(8-15-2)10-17(13,14)7-5-6-16(3,11)12/h1,9-10H,5-8H2,2-3H3/t9-/m0/s1. The summed E-state index contributed by atoms with van der Waals surface area (Å²) in [6.45, 7) is 0.0712. The molecule has 0 unspecified atom stereocenters. The van der Waals surface area contributed by atoms with Crippen molar-refractivity contribution in [1.29, 1.82) is 0 Å². The molecule has 0 aromatic rings. The third kappa shape index (κ3) is 9.12. The van der Waals surface area contributed by atoms with Crippen molar-refractivity contribution >= 4 is 19.9 Å². The van der Waals surface area contributed by atoms with Crippen molar-refractivity contribution in [3.8, 4) is 12.3 Å². The molecule has 0 aromatic heterocycles. The molecular formula is C9H17NO5S2. The van der Waals surface area contributed by atoms with Crippen molar-refractivity contribution in [1.82, 2.24) is 4.72 Å². The molecule has 100 valence electrons. The van der Waals surface area contributed by atoms with Gasteiger partial charge >= 0.3 is 0 Å². The van der Waals surface area contributed by atoms with Gasteiger partial charge in [0.25, 0.3) is 0 Å². The summed E-state index contributed by atoms with van der Waals surface area (Å²) in [6.07, 6.45) is 6.21. The van der Waals surface area contributed by atoms with Crippen LogP contribution in [-0.4, -0.2) is 54.4 Å². The van der Waals surface area contributed by atoms with E-state index in [4.69, 9.17) is 11.2 Å². The van der Waals surface area contributed by atoms with Gasteiger partial charge in [-0.1, -0.05) is 5.92 Å². The molecule has 0 amide bonds. The highest BCUT2D eigenvalue weighted by Gasteiger charge is 2.16. The van der Waals surface area contributed by atoms with Gasteiger partial charge in [-0.15, -0.1) is 6.42 Å². The van der Waals surface area contributed by atoms with Crippen LogP contribution in [0, 0.1) is 12.3 Å². The van der Waals surface area contributed by atoms with Crippen LogP contribution in [0.5, 0.6) is 0 Å². The molecule has 0 aliphatic carbocycles. The van der Waals surface area contributed by atoms with E-state index in [1.807, 2.05) is 0 Å². The second-order valence-corrected chi connectivity index (χ2v) is 7.73. The van der Waals surface area contributed by atoms with Gasteiger partial charge in [0, 0.05) is 13.4 Å². The van der Waals surface area contributed by atoms with E-state index in [1.54, 1.807) is 0 Å². The Balaban J connectivity index is 4.26. The summed E-state index contributed by atoms with van der Waals surface area (Å²) in [5.74, 6) is 1.79. The van der Waals surface area contributed by atoms with E-state index in [0.717, 1.165) is 6.26 Å². The van der Waals surface area contributed by atoms with Crippen molar-refractivity contribution in [3.63, 3.8) is 0 Å². The zero-order chi connectivity index (χ0) is 13.5. The molecule has 0 aliphatic heterocycles. The van der Waals surface area contributed by atoms with Crippen LogP contribution in [0.4, 0.5) is 0 Å². The molecular weight excluding hydrogens is 266 g/mol. The maximum Gasteiger partial charge on any atom is 0.212 e. The molecule has 6 nitrogen and oxygen atoms in total. The van der Waals surface area contributed by atoms with Gasteiger partial charge in [-0.2, -0.15) is 4.72 Å². The maximum absolute atomic E-state index is 11.5. The van der Waals surface area contributed by atoms with E-state index in [1.165, 1.54) is 7.11 Å². The molecule has 0 spiro atoms. The van der Waals surface area contributed by atoms with Crippen LogP contribution in [0.15, 0.2) is 0 Å². The van der Waals surface area contributed by atoms with E-state index in [2.05, 4.69) is 10.6 Å². The number of hydrogen-bond donors (Lipinski definition) is 1. The average molecular weight is 283 g/mol. The monoisotopic (exact) mass is 283 g/mol. The van der Waals surface area contributed by atoms with Gasteiger partial charge in [0.05, 0.1) is 18.1 Å². The van der Waals surface area contributed by atoms with Crippen LogP contribution < -0.4 is 4.72 Å². The van der Waals surface area contributed by atoms with Crippen molar-refractivity contribution in [2.45, 2.75) is 12.5 Å². The van der Waals surface area contributed by atoms with E-state index < -0.39 is 25.9 Å². The first kappa shape index (κ1) is 16.4. The minimum atomic E-state index is -3.57. The quantitative estimate of drug-likeness (QED) is 0.576. The lowest BCUT2D eigenvalue weighted by atomic mass is 10.4. The summed E-state index contributed by atoms with van der Waals surface area (Å²) < 4.78 is 51.6. The van der Waals surface area contributed by atoms with E-state index >= 15 is 0 Å². The molecule has 0 radical (unpaired) electrons. The second-order valence-electron chi connectivity index (χ2n) is 3.59. The van der Waals surface area contributed by atoms with Gasteiger partial charge in [-0.25, -0.2) is 16.8 Å². The third-order valence-electron chi connectivity index (χ3n) is 1.78. The molecule has 17 heavy (non-hydrogen) atoms. The Kier molecular flexibility index (Phi) is 6.70. The van der Waals surface area contributed by atoms with E-state index in [0.29, 0.717) is 0 Å². The predicted octanol–water partition coefficient (Wildman–Crippen LogP) is -1.01. The fourth-order valence-electron chi connectivity index (χ4n) is 1.07. The molecule has 0 aromatic carbocycles. The van der Waals surface area contributed by atoms with Gasteiger partial charge in [0.2, 0.25) is 10.0 Å². The number of methoxy groups -OCH3 is 1. The highest BCUT2D eigenvalue weighted by molar-refractivity contribution is 7.91. The normalized spacial score (nSPS) is 14.2. The summed E-state index contributed by atoms with van der Waals surface area (Å²) >= 11 is 0. The zero-order valence-corrected chi connectivity index (χ0v) is 11.5. The minimum absolute atomic E-state index is 0.0401. The number of rotatable bonds is 8. The number of ether oxygens (including phenoxy) is 1. The van der Waals surface area contributed by atoms with E-state index in [9.17, 15) is 16.8 Å². The lowest BCUT2D eigenvalue weighted by molar-refractivity contribution is 0.190. The lowest BCUT2D eigenvalue weighted by Gasteiger charge is -2.12. The summed E-state index contributed by atoms with van der Waals surface area (Å²) in [5, 5.41) is 0. The van der Waals surface area contributed by atoms with Gasteiger partial charge in [0.15, 0.2) is 0 Å². The Morgan fingerprint density at radius 2 is 1.88 bits per heavy atom. The van der Waals surface area contributed by atoms with E-state index in [-0.39, 0.29) is 24.5 Å². The van der Waals surface area contributed by atoms with Crippen LogP contribution in [0.25, 0.3) is 0 Å². The minimum Gasteiger partial charge on any atom is -0.382 e. The number of terminal acetylenes is 1. The van der Waals surface area contributed by atoms with Crippen LogP contribution in [-0.2, 0) is 24.6 Å². The molecule has 0 saturated carbocycles. The SMILES string of the molecule is C#C[C@@H](COC)NS(=O)(=O)CCCS(C)(=O)=O. The summed E-state index contributed by atoms with van der Waals surface area (Å²) in [5.41, 5.74) is 0. The van der Waals surface area contributed by atoms with Crippen LogP contribution in [0.2, 0.25) is 0 Å². The van der Waals surface area contributed by atoms with Crippen molar-refractivity contribution in [2.24, 2.45) is 0 Å². The van der Waals surface area contributed by atoms with Gasteiger partial charge < -0.3 is 4.74 Å². The summed E-state index contributed by atoms with van der Waals surface area (Å²) in [6, 6.07) is -0.733. The number of hydrogen-bond acceptors (Lipinski definition) is 5. The average Bonchev–Trinajstić information content (AvgIpc) is 2.14. The van der Waals surface area contributed by atoms with Crippen molar-refractivity contribution < 1.29 is 21.6 Å². The van der Waals surface area contributed by atoms with Crippen LogP contribution in [0.3, 0.4) is 0 Å². The highest BCUT2D eigenvalue weighted by Crippen LogP contribution is 1.96. The predicted molar refractivity (Wildman–Crippen MR) is 65.7 cm³/mol. The summed E-state index contributed by atoms with van der Waals surface area (Å²) in [4.78, 5) is 0. The molecule has 0 bridgehead atoms. The Bertz CT molecular complexity index is 460. The largest absolute Gasteiger partial charge is 0.382 e. The first-order chi connectivity index (χ1) is 7.70. The molecule has 0 fully saturated rings. The molecule has 1 atom stereocenters. The van der Waals surface area contributed by atoms with Crippen LogP contribution >= 0.6 is 0 Å². The lowest BCUT2D eigenvalue weighted by Crippen LogP contribution is -2.38. The van der Waals surface area contributed by atoms with Crippen LogP contribution in [0.1, 0.15) is 6.42 Å². The van der Waals surface area contributed by atoms with Crippen molar-refractivity contribution in [3.05, 3.63) is 0 Å². The first-order valence-electron chi connectivity index (χ1n) is 4.83. The molecule has 8 heteroatoms. The molecule has 0 saturated heterocycles. The van der Waals surface area contributed by atoms with Gasteiger partial charge in [-0.3, -0.25) is 0 Å². The maximum atomic E-state index is 11.5. The Morgan fingerprint density at radius 3 is 2.29 bits per heavy atom. The van der Waals surface area contributed by atoms with Gasteiger partial charge in [0.1, 0.15) is 15.9 Å². The molecule has 0 aliphatic rings. The first-order valence-corrected chi connectivity index (χ1v) is 8.54. The fraction of sp³-hybridized carbons (Fsp3) is 0.778. The molecule has 1 N–H and O–H groups in total. The zero-order valence-electron chi connectivity index (χ0n) is 9.84. The number of sulfonamides is 1. The topological polar surface area (TPSA) is 89.5 Å². The van der Waals surface area contributed by atoms with Crippen molar-refractivity contribution in [2.75, 3.05) is 31.5 Å². The number of nitrogens with one attached hydrogen (secondary N) is 1. The fourth-order valence-corrected chi connectivity index (χ4v) is 3.13. The molecule has 0 rings (SSSR count). The smallest absolute Gasteiger partial charge is 0.212 e.